The summed E-state index contributed by atoms with van der Waals surface area (Å²) in [5.41, 5.74) is 2.53. The van der Waals surface area contributed by atoms with Gasteiger partial charge in [0.1, 0.15) is 17.0 Å². The Morgan fingerprint density at radius 3 is 2.72 bits per heavy atom. The zero-order chi connectivity index (χ0) is 17.4. The third-order valence-electron chi connectivity index (χ3n) is 3.71. The van der Waals surface area contributed by atoms with Crippen molar-refractivity contribution >= 4 is 17.0 Å². The van der Waals surface area contributed by atoms with Crippen molar-refractivity contribution in [2.45, 2.75) is 13.5 Å². The maximum absolute atomic E-state index is 14.4. The van der Waals surface area contributed by atoms with Crippen LogP contribution in [0.2, 0.25) is 0 Å². The Kier molecular flexibility index (Phi) is 3.43. The molecular formula is C16H10FN7O. The predicted octanol–water partition coefficient (Wildman–Crippen LogP) is 2.92. The summed E-state index contributed by atoms with van der Waals surface area (Å²) in [5, 5.41) is 7.64. The zero-order valence-electron chi connectivity index (χ0n) is 13.0. The van der Waals surface area contributed by atoms with E-state index in [1.807, 2.05) is 0 Å². The van der Waals surface area contributed by atoms with Gasteiger partial charge in [-0.25, -0.2) is 14.0 Å². The topological polar surface area (TPSA) is 86.9 Å². The minimum atomic E-state index is -0.399. The molecule has 0 radical (unpaired) electrons. The van der Waals surface area contributed by atoms with E-state index in [2.05, 4.69) is 30.1 Å². The Morgan fingerprint density at radius 1 is 1.24 bits per heavy atom. The molecule has 0 amide bonds. The normalized spacial score (nSPS) is 10.9. The number of aromatic nitrogens is 6. The third kappa shape index (κ3) is 2.49. The molecule has 0 N–H and O–H groups in total. The van der Waals surface area contributed by atoms with Gasteiger partial charge >= 0.3 is 5.95 Å². The Balaban J connectivity index is 1.91. The average Bonchev–Trinajstić information content (AvgIpc) is 3.20. The Morgan fingerprint density at radius 2 is 2.04 bits per heavy atom. The van der Waals surface area contributed by atoms with Gasteiger partial charge in [0.05, 0.1) is 24.5 Å². The van der Waals surface area contributed by atoms with Gasteiger partial charge in [-0.1, -0.05) is 11.2 Å². The summed E-state index contributed by atoms with van der Waals surface area (Å²) >= 11 is 0. The lowest BCUT2D eigenvalue weighted by atomic mass is 10.2. The van der Waals surface area contributed by atoms with Crippen LogP contribution >= 0.6 is 0 Å². The van der Waals surface area contributed by atoms with Crippen molar-refractivity contribution in [1.82, 2.24) is 29.8 Å². The fraction of sp³-hybridized carbons (Fsp3) is 0.125. The van der Waals surface area contributed by atoms with Crippen molar-refractivity contribution in [3.8, 4) is 11.5 Å². The van der Waals surface area contributed by atoms with Crippen LogP contribution in [-0.2, 0) is 6.54 Å². The number of imidazole rings is 1. The molecular weight excluding hydrogens is 325 g/mol. The first kappa shape index (κ1) is 14.9. The smallest absolute Gasteiger partial charge is 0.371 e. The number of rotatable bonds is 3. The van der Waals surface area contributed by atoms with E-state index < -0.39 is 5.82 Å². The van der Waals surface area contributed by atoms with Gasteiger partial charge < -0.3 is 9.41 Å². The molecule has 9 heteroatoms. The Hall–Kier alpha value is -3.67. The van der Waals surface area contributed by atoms with Crippen molar-refractivity contribution in [2.24, 2.45) is 0 Å². The first-order valence-corrected chi connectivity index (χ1v) is 7.30. The lowest BCUT2D eigenvalue weighted by Crippen LogP contribution is -2.05. The Bertz CT molecular complexity index is 1110. The van der Waals surface area contributed by atoms with E-state index in [0.29, 0.717) is 33.8 Å². The summed E-state index contributed by atoms with van der Waals surface area (Å²) in [6.07, 6.45) is 3.06. The number of para-hydroxylation sites is 1. The van der Waals surface area contributed by atoms with Crippen LogP contribution in [0.25, 0.3) is 27.4 Å². The van der Waals surface area contributed by atoms with Gasteiger partial charge in [0.25, 0.3) is 0 Å². The first-order chi connectivity index (χ1) is 12.2. The number of fused-ring (bicyclic) bond motifs is 1. The number of hydrogen-bond acceptors (Lipinski definition) is 6. The van der Waals surface area contributed by atoms with Crippen LogP contribution in [0.1, 0.15) is 11.3 Å². The molecule has 122 valence electrons. The second kappa shape index (κ2) is 5.76. The van der Waals surface area contributed by atoms with Gasteiger partial charge in [-0.3, -0.25) is 0 Å². The van der Waals surface area contributed by atoms with Crippen LogP contribution in [-0.4, -0.2) is 29.8 Å². The standard InChI is InChI=1S/C16H10FN7O/c1-9-13(23-25-22-9)15-21-12-5-3-4-11(17)14(12)24(15)8-10-6-19-16(18-2)20-7-10/h3-7H,8H2,1H3. The molecule has 0 saturated heterocycles. The molecule has 0 bridgehead atoms. The quantitative estimate of drug-likeness (QED) is 0.535. The highest BCUT2D eigenvalue weighted by molar-refractivity contribution is 5.81. The van der Waals surface area contributed by atoms with Crippen molar-refractivity contribution in [2.75, 3.05) is 0 Å². The number of nitrogens with zero attached hydrogens (tertiary/aromatic N) is 7. The highest BCUT2D eigenvalue weighted by Gasteiger charge is 2.21. The van der Waals surface area contributed by atoms with E-state index in [-0.39, 0.29) is 12.5 Å². The van der Waals surface area contributed by atoms with Gasteiger partial charge in [0.15, 0.2) is 11.5 Å². The minimum absolute atomic E-state index is 0.0576. The molecule has 8 nitrogen and oxygen atoms in total. The maximum atomic E-state index is 14.4. The van der Waals surface area contributed by atoms with Crippen molar-refractivity contribution in [1.29, 1.82) is 0 Å². The molecule has 0 spiro atoms. The van der Waals surface area contributed by atoms with Crippen molar-refractivity contribution in [3.63, 3.8) is 0 Å². The lowest BCUT2D eigenvalue weighted by Gasteiger charge is -2.07. The van der Waals surface area contributed by atoms with E-state index in [9.17, 15) is 4.39 Å². The molecule has 0 unspecified atom stereocenters. The van der Waals surface area contributed by atoms with Gasteiger partial charge in [0.2, 0.25) is 0 Å². The SMILES string of the molecule is [C-]#[N+]c1ncc(Cn2c(-c3nonc3C)nc3cccc(F)c32)cn1. The van der Waals surface area contributed by atoms with Crippen molar-refractivity contribution in [3.05, 3.63) is 59.1 Å². The van der Waals surface area contributed by atoms with Crippen molar-refractivity contribution < 1.29 is 9.02 Å². The number of benzene rings is 1. The highest BCUT2D eigenvalue weighted by Crippen LogP contribution is 2.27. The second-order valence-electron chi connectivity index (χ2n) is 5.33. The van der Waals surface area contributed by atoms with E-state index in [1.165, 1.54) is 18.5 Å². The summed E-state index contributed by atoms with van der Waals surface area (Å²) in [7, 11) is 0. The molecule has 0 aliphatic carbocycles. The second-order valence-corrected chi connectivity index (χ2v) is 5.33. The largest absolute Gasteiger partial charge is 0.394 e. The summed E-state index contributed by atoms with van der Waals surface area (Å²) in [6, 6.07) is 4.69. The molecule has 0 saturated carbocycles. The Labute approximate surface area is 140 Å². The molecule has 3 heterocycles. The number of aryl methyl sites for hydroxylation is 1. The van der Waals surface area contributed by atoms with Crippen LogP contribution in [0, 0.1) is 19.3 Å². The van der Waals surface area contributed by atoms with Gasteiger partial charge in [0, 0.05) is 5.56 Å². The summed E-state index contributed by atoms with van der Waals surface area (Å²) in [5.74, 6) is 0.0966. The van der Waals surface area contributed by atoms with E-state index >= 15 is 0 Å². The maximum Gasteiger partial charge on any atom is 0.371 e. The fourth-order valence-electron chi connectivity index (χ4n) is 2.58. The highest BCUT2D eigenvalue weighted by atomic mass is 19.1. The molecule has 25 heavy (non-hydrogen) atoms. The van der Waals surface area contributed by atoms with E-state index in [1.54, 1.807) is 23.6 Å². The minimum Gasteiger partial charge on any atom is -0.394 e. The first-order valence-electron chi connectivity index (χ1n) is 7.30. The molecule has 0 atom stereocenters. The van der Waals surface area contributed by atoms with E-state index in [0.717, 1.165) is 0 Å². The number of hydrogen-bond donors (Lipinski definition) is 0. The molecule has 4 rings (SSSR count). The average molecular weight is 335 g/mol. The monoisotopic (exact) mass is 335 g/mol. The van der Waals surface area contributed by atoms with Crippen LogP contribution < -0.4 is 0 Å². The predicted molar refractivity (Wildman–Crippen MR) is 85.1 cm³/mol. The van der Waals surface area contributed by atoms with Crippen LogP contribution in [0.15, 0.2) is 35.2 Å². The molecule has 3 aromatic heterocycles. The van der Waals surface area contributed by atoms with Gasteiger partial charge in [-0.15, -0.1) is 6.57 Å². The summed E-state index contributed by atoms with van der Waals surface area (Å²) < 4.78 is 20.9. The molecule has 1 aromatic carbocycles. The van der Waals surface area contributed by atoms with Crippen LogP contribution in [0.5, 0.6) is 0 Å². The molecule has 4 aromatic rings. The fourth-order valence-corrected chi connectivity index (χ4v) is 2.58. The molecule has 0 aliphatic rings. The molecule has 0 fully saturated rings. The summed E-state index contributed by atoms with van der Waals surface area (Å²) in [6.45, 7) is 8.91. The van der Waals surface area contributed by atoms with Gasteiger partial charge in [-0.2, -0.15) is 9.97 Å². The number of halogens is 1. The van der Waals surface area contributed by atoms with Gasteiger partial charge in [-0.05, 0) is 24.2 Å². The van der Waals surface area contributed by atoms with Crippen LogP contribution in [0.4, 0.5) is 10.3 Å². The summed E-state index contributed by atoms with van der Waals surface area (Å²) in [4.78, 5) is 15.5. The van der Waals surface area contributed by atoms with Crippen LogP contribution in [0.3, 0.4) is 0 Å². The third-order valence-corrected chi connectivity index (χ3v) is 3.71. The lowest BCUT2D eigenvalue weighted by molar-refractivity contribution is 0.305. The van der Waals surface area contributed by atoms with E-state index in [4.69, 9.17) is 11.2 Å². The molecule has 0 aliphatic heterocycles. The zero-order valence-corrected chi connectivity index (χ0v) is 13.0.